The maximum atomic E-state index is 13.0. The summed E-state index contributed by atoms with van der Waals surface area (Å²) in [6.07, 6.45) is 5.53. The van der Waals surface area contributed by atoms with Gasteiger partial charge in [0, 0.05) is 0 Å². The zero-order valence-corrected chi connectivity index (χ0v) is 13.4. The van der Waals surface area contributed by atoms with Crippen LogP contribution in [0.3, 0.4) is 0 Å². The van der Waals surface area contributed by atoms with Gasteiger partial charge in [0.2, 0.25) is 0 Å². The fraction of sp³-hybridized carbons (Fsp3) is 0.227. The molecule has 1 aliphatic carbocycles. The molecule has 1 nitrogen and oxygen atoms in total. The number of ketones is 1. The highest BCUT2D eigenvalue weighted by molar-refractivity contribution is 6.11. The van der Waals surface area contributed by atoms with Gasteiger partial charge in [0.25, 0.3) is 0 Å². The van der Waals surface area contributed by atoms with Crippen molar-refractivity contribution in [3.63, 3.8) is 0 Å². The van der Waals surface area contributed by atoms with Crippen molar-refractivity contribution < 1.29 is 4.79 Å². The molecule has 0 aromatic heterocycles. The Labute approximate surface area is 138 Å². The van der Waals surface area contributed by atoms with E-state index in [0.717, 1.165) is 36.8 Å². The minimum absolute atomic E-state index is 0.0230. The summed E-state index contributed by atoms with van der Waals surface area (Å²) in [5.41, 5.74) is 4.57. The molecule has 2 aromatic rings. The maximum Gasteiger partial charge on any atom is 0.166 e. The first-order valence-corrected chi connectivity index (χ1v) is 8.28. The van der Waals surface area contributed by atoms with E-state index in [-0.39, 0.29) is 5.92 Å². The van der Waals surface area contributed by atoms with Crippen molar-refractivity contribution in [1.29, 1.82) is 0 Å². The van der Waals surface area contributed by atoms with Gasteiger partial charge in [-0.2, -0.15) is 0 Å². The van der Waals surface area contributed by atoms with Crippen molar-refractivity contribution in [2.24, 2.45) is 0 Å². The lowest BCUT2D eigenvalue weighted by molar-refractivity contribution is -0.116. The van der Waals surface area contributed by atoms with Gasteiger partial charge in [0.1, 0.15) is 0 Å². The van der Waals surface area contributed by atoms with E-state index >= 15 is 0 Å². The molecule has 0 bridgehead atoms. The Morgan fingerprint density at radius 3 is 2.30 bits per heavy atom. The van der Waals surface area contributed by atoms with Crippen molar-refractivity contribution in [1.82, 2.24) is 0 Å². The Kier molecular flexibility index (Phi) is 4.87. The summed E-state index contributed by atoms with van der Waals surface area (Å²) < 4.78 is 0. The predicted molar refractivity (Wildman–Crippen MR) is 96.2 cm³/mol. The fourth-order valence-electron chi connectivity index (χ4n) is 3.36. The number of rotatable bonds is 6. The van der Waals surface area contributed by atoms with Crippen LogP contribution in [0.1, 0.15) is 42.7 Å². The van der Waals surface area contributed by atoms with Crippen molar-refractivity contribution in [2.75, 3.05) is 0 Å². The van der Waals surface area contributed by atoms with E-state index in [0.29, 0.717) is 5.78 Å². The van der Waals surface area contributed by atoms with Crippen LogP contribution in [0.5, 0.6) is 0 Å². The lowest BCUT2D eigenvalue weighted by atomic mass is 9.93. The number of unbranched alkanes of at least 4 members (excludes halogenated alkanes) is 1. The number of hydrogen-bond acceptors (Lipinski definition) is 1. The first-order valence-electron chi connectivity index (χ1n) is 8.28. The van der Waals surface area contributed by atoms with Crippen molar-refractivity contribution in [3.05, 3.63) is 90.0 Å². The molecule has 0 amide bonds. The molecule has 1 atom stereocenters. The number of allylic oxidation sites excluding steroid dienone is 3. The molecule has 0 spiro atoms. The molecule has 0 saturated carbocycles. The summed E-state index contributed by atoms with van der Waals surface area (Å²) in [5, 5.41) is 0. The van der Waals surface area contributed by atoms with Gasteiger partial charge in [0.05, 0.1) is 5.92 Å². The molecule has 1 unspecified atom stereocenters. The third-order valence-corrected chi connectivity index (χ3v) is 4.55. The highest BCUT2D eigenvalue weighted by Gasteiger charge is 2.33. The first kappa shape index (κ1) is 15.5. The highest BCUT2D eigenvalue weighted by Crippen LogP contribution is 2.42. The fourth-order valence-corrected chi connectivity index (χ4v) is 3.36. The van der Waals surface area contributed by atoms with Crippen LogP contribution >= 0.6 is 0 Å². The van der Waals surface area contributed by atoms with Crippen LogP contribution in [0.15, 0.2) is 78.9 Å². The van der Waals surface area contributed by atoms with E-state index in [1.807, 2.05) is 42.5 Å². The highest BCUT2D eigenvalue weighted by atomic mass is 16.1. The molecule has 116 valence electrons. The number of hydrogen-bond donors (Lipinski definition) is 0. The van der Waals surface area contributed by atoms with E-state index < -0.39 is 0 Å². The topological polar surface area (TPSA) is 17.1 Å². The molecule has 0 fully saturated rings. The molecule has 2 aromatic carbocycles. The van der Waals surface area contributed by atoms with Crippen molar-refractivity contribution >= 4 is 11.4 Å². The number of carbonyl (C=O) groups is 1. The number of Topliss-reactive ketones (excluding diaryl/α,β-unsaturated/α-hetero) is 1. The Bertz CT molecular complexity index is 710. The van der Waals surface area contributed by atoms with Gasteiger partial charge in [-0.15, -0.1) is 6.58 Å². The van der Waals surface area contributed by atoms with E-state index in [9.17, 15) is 4.79 Å². The monoisotopic (exact) mass is 302 g/mol. The molecule has 0 heterocycles. The van der Waals surface area contributed by atoms with Gasteiger partial charge >= 0.3 is 0 Å². The van der Waals surface area contributed by atoms with Gasteiger partial charge in [-0.05, 0) is 48.0 Å². The van der Waals surface area contributed by atoms with Gasteiger partial charge in [-0.1, -0.05) is 66.7 Å². The normalized spacial score (nSPS) is 17.6. The largest absolute Gasteiger partial charge is 0.294 e. The predicted octanol–water partition coefficient (Wildman–Crippen LogP) is 5.55. The van der Waals surface area contributed by atoms with Gasteiger partial charge in [-0.25, -0.2) is 0 Å². The lowest BCUT2D eigenvalue weighted by Crippen LogP contribution is -2.08. The lowest BCUT2D eigenvalue weighted by Gasteiger charge is -2.09. The van der Waals surface area contributed by atoms with Crippen LogP contribution in [0.25, 0.3) is 5.57 Å². The minimum Gasteiger partial charge on any atom is -0.294 e. The Morgan fingerprint density at radius 1 is 1.00 bits per heavy atom. The van der Waals surface area contributed by atoms with E-state index in [4.69, 9.17) is 0 Å². The van der Waals surface area contributed by atoms with Crippen LogP contribution in [-0.2, 0) is 4.79 Å². The third-order valence-electron chi connectivity index (χ3n) is 4.55. The summed E-state index contributed by atoms with van der Waals surface area (Å²) in [6, 6.07) is 20.5. The SMILES string of the molecule is C=CCCCC1=C(c2ccccc2)CC(c2ccccc2)C1=O. The molecule has 3 rings (SSSR count). The number of carbonyl (C=O) groups excluding carboxylic acids is 1. The van der Waals surface area contributed by atoms with Crippen LogP contribution in [0.2, 0.25) is 0 Å². The Hall–Kier alpha value is -2.41. The second-order valence-corrected chi connectivity index (χ2v) is 6.04. The third kappa shape index (κ3) is 3.34. The Balaban J connectivity index is 1.93. The average Bonchev–Trinajstić information content (AvgIpc) is 2.94. The van der Waals surface area contributed by atoms with E-state index in [2.05, 4.69) is 30.8 Å². The van der Waals surface area contributed by atoms with E-state index in [1.54, 1.807) is 0 Å². The van der Waals surface area contributed by atoms with Crippen LogP contribution < -0.4 is 0 Å². The molecule has 0 saturated heterocycles. The maximum absolute atomic E-state index is 13.0. The summed E-state index contributed by atoms with van der Waals surface area (Å²) >= 11 is 0. The first-order chi connectivity index (χ1) is 11.3. The van der Waals surface area contributed by atoms with Gasteiger partial charge in [0.15, 0.2) is 5.78 Å². The minimum atomic E-state index is -0.0230. The summed E-state index contributed by atoms with van der Waals surface area (Å²) in [4.78, 5) is 13.0. The average molecular weight is 302 g/mol. The van der Waals surface area contributed by atoms with Crippen LogP contribution in [0.4, 0.5) is 0 Å². The molecule has 23 heavy (non-hydrogen) atoms. The smallest absolute Gasteiger partial charge is 0.166 e. The zero-order chi connectivity index (χ0) is 16.1. The summed E-state index contributed by atoms with van der Waals surface area (Å²) in [6.45, 7) is 3.78. The second kappa shape index (κ2) is 7.23. The van der Waals surface area contributed by atoms with E-state index in [1.165, 1.54) is 11.1 Å². The molecular formula is C22H22O. The van der Waals surface area contributed by atoms with Crippen molar-refractivity contribution in [3.8, 4) is 0 Å². The van der Waals surface area contributed by atoms with Crippen LogP contribution in [0, 0.1) is 0 Å². The number of benzene rings is 2. The molecule has 1 aliphatic rings. The molecule has 0 radical (unpaired) electrons. The van der Waals surface area contributed by atoms with Gasteiger partial charge in [-0.3, -0.25) is 4.79 Å². The second-order valence-electron chi connectivity index (χ2n) is 6.04. The quantitative estimate of drug-likeness (QED) is 0.505. The van der Waals surface area contributed by atoms with Gasteiger partial charge < -0.3 is 0 Å². The molecular weight excluding hydrogens is 280 g/mol. The standard InChI is InChI=1S/C22H22O/c1-2-3-6-15-19-20(17-11-7-4-8-12-17)16-21(22(19)23)18-13-9-5-10-14-18/h2,4-5,7-14,21H,1,3,6,15-16H2. The Morgan fingerprint density at radius 2 is 1.65 bits per heavy atom. The molecule has 0 aliphatic heterocycles. The summed E-state index contributed by atoms with van der Waals surface area (Å²) in [7, 11) is 0. The zero-order valence-electron chi connectivity index (χ0n) is 13.4. The molecule has 0 N–H and O–H groups in total. The van der Waals surface area contributed by atoms with Crippen molar-refractivity contribution in [2.45, 2.75) is 31.6 Å². The van der Waals surface area contributed by atoms with Crippen LogP contribution in [-0.4, -0.2) is 5.78 Å². The molecule has 1 heteroatoms. The summed E-state index contributed by atoms with van der Waals surface area (Å²) in [5.74, 6) is 0.282.